The number of nitrogens with one attached hydrogen (secondary N) is 1. The minimum absolute atomic E-state index is 0.0534. The summed E-state index contributed by atoms with van der Waals surface area (Å²) in [5.74, 6) is 1.91. The van der Waals surface area contributed by atoms with Gasteiger partial charge in [-0.15, -0.1) is 0 Å². The van der Waals surface area contributed by atoms with E-state index in [9.17, 15) is 4.79 Å². The molecule has 0 bridgehead atoms. The minimum Gasteiger partial charge on any atom is -0.493 e. The number of hydrogen-bond donors (Lipinski definition) is 1. The zero-order chi connectivity index (χ0) is 15.9. The van der Waals surface area contributed by atoms with Crippen molar-refractivity contribution in [3.63, 3.8) is 0 Å². The maximum absolute atomic E-state index is 11.8. The Hall–Kier alpha value is -2.14. The van der Waals surface area contributed by atoms with Crippen LogP contribution in [0, 0.1) is 0 Å². The quantitative estimate of drug-likeness (QED) is 0.850. The SMILES string of the molecule is COc1ccc(CCC(=O)NCc2ccc(Cl)o2)cc1OC. The number of ether oxygens (including phenoxy) is 2. The average molecular weight is 324 g/mol. The molecule has 0 radical (unpaired) electrons. The molecule has 1 aromatic carbocycles. The molecule has 0 aliphatic rings. The van der Waals surface area contributed by atoms with E-state index in [4.69, 9.17) is 25.5 Å². The Balaban J connectivity index is 1.83. The third-order valence-electron chi connectivity index (χ3n) is 3.18. The molecule has 0 fully saturated rings. The maximum atomic E-state index is 11.8. The fraction of sp³-hybridized carbons (Fsp3) is 0.312. The molecule has 1 heterocycles. The van der Waals surface area contributed by atoms with E-state index in [0.717, 1.165) is 5.56 Å². The summed E-state index contributed by atoms with van der Waals surface area (Å²) >= 11 is 5.67. The monoisotopic (exact) mass is 323 g/mol. The van der Waals surface area contributed by atoms with Crippen LogP contribution in [0.15, 0.2) is 34.7 Å². The van der Waals surface area contributed by atoms with Gasteiger partial charge in [0.05, 0.1) is 20.8 Å². The molecular formula is C16H18ClNO4. The predicted octanol–water partition coefficient (Wildman–Crippen LogP) is 3.20. The average Bonchev–Trinajstić information content (AvgIpc) is 2.96. The molecule has 1 amide bonds. The van der Waals surface area contributed by atoms with Crippen molar-refractivity contribution in [2.75, 3.05) is 14.2 Å². The van der Waals surface area contributed by atoms with Crippen LogP contribution in [-0.2, 0) is 17.8 Å². The van der Waals surface area contributed by atoms with Crippen LogP contribution in [-0.4, -0.2) is 20.1 Å². The van der Waals surface area contributed by atoms with Gasteiger partial charge >= 0.3 is 0 Å². The first-order chi connectivity index (χ1) is 10.6. The summed E-state index contributed by atoms with van der Waals surface area (Å²) < 4.78 is 15.6. The Labute approximate surface area is 134 Å². The van der Waals surface area contributed by atoms with Crippen molar-refractivity contribution in [2.45, 2.75) is 19.4 Å². The zero-order valence-corrected chi connectivity index (χ0v) is 13.3. The molecule has 0 spiro atoms. The lowest BCUT2D eigenvalue weighted by atomic mass is 10.1. The van der Waals surface area contributed by atoms with E-state index < -0.39 is 0 Å². The molecule has 118 valence electrons. The van der Waals surface area contributed by atoms with Gasteiger partial charge in [-0.05, 0) is 47.9 Å². The molecule has 5 nitrogen and oxygen atoms in total. The highest BCUT2D eigenvalue weighted by atomic mass is 35.5. The normalized spacial score (nSPS) is 10.3. The molecule has 1 aromatic heterocycles. The first-order valence-corrected chi connectivity index (χ1v) is 7.22. The molecule has 6 heteroatoms. The lowest BCUT2D eigenvalue weighted by molar-refractivity contribution is -0.121. The van der Waals surface area contributed by atoms with Gasteiger partial charge in [-0.3, -0.25) is 4.79 Å². The number of carbonyl (C=O) groups is 1. The number of benzene rings is 1. The lowest BCUT2D eigenvalue weighted by Gasteiger charge is -2.09. The van der Waals surface area contributed by atoms with Crippen LogP contribution in [0.25, 0.3) is 0 Å². The summed E-state index contributed by atoms with van der Waals surface area (Å²) in [6, 6.07) is 9.00. The number of amides is 1. The largest absolute Gasteiger partial charge is 0.493 e. The molecule has 0 saturated heterocycles. The fourth-order valence-corrected chi connectivity index (χ4v) is 2.18. The number of aryl methyl sites for hydroxylation is 1. The molecule has 22 heavy (non-hydrogen) atoms. The van der Waals surface area contributed by atoms with Crippen LogP contribution in [0.2, 0.25) is 5.22 Å². The molecule has 1 N–H and O–H groups in total. The summed E-state index contributed by atoms with van der Waals surface area (Å²) in [4.78, 5) is 11.8. The second kappa shape index (κ2) is 7.75. The first kappa shape index (κ1) is 16.2. The third kappa shape index (κ3) is 4.43. The van der Waals surface area contributed by atoms with E-state index in [2.05, 4.69) is 5.32 Å². The van der Waals surface area contributed by atoms with Crippen molar-refractivity contribution in [1.29, 1.82) is 0 Å². The summed E-state index contributed by atoms with van der Waals surface area (Å²) in [5.41, 5.74) is 1.01. The molecular weight excluding hydrogens is 306 g/mol. The van der Waals surface area contributed by atoms with E-state index in [1.807, 2.05) is 18.2 Å². The third-order valence-corrected chi connectivity index (χ3v) is 3.38. The van der Waals surface area contributed by atoms with Gasteiger partial charge in [-0.1, -0.05) is 6.07 Å². The van der Waals surface area contributed by atoms with E-state index in [1.54, 1.807) is 26.4 Å². The number of halogens is 1. The minimum atomic E-state index is -0.0534. The van der Waals surface area contributed by atoms with Crippen LogP contribution >= 0.6 is 11.6 Å². The van der Waals surface area contributed by atoms with E-state index >= 15 is 0 Å². The fourth-order valence-electron chi connectivity index (χ4n) is 2.01. The Kier molecular flexibility index (Phi) is 5.72. The van der Waals surface area contributed by atoms with Crippen molar-refractivity contribution < 1.29 is 18.7 Å². The summed E-state index contributed by atoms with van der Waals surface area (Å²) in [6.45, 7) is 0.331. The molecule has 0 unspecified atom stereocenters. The van der Waals surface area contributed by atoms with Gasteiger partial charge in [-0.2, -0.15) is 0 Å². The van der Waals surface area contributed by atoms with Crippen LogP contribution < -0.4 is 14.8 Å². The molecule has 0 saturated carbocycles. The second-order valence-electron chi connectivity index (χ2n) is 4.67. The summed E-state index contributed by atoms with van der Waals surface area (Å²) in [7, 11) is 3.18. The number of carbonyl (C=O) groups excluding carboxylic acids is 1. The Morgan fingerprint density at radius 3 is 2.59 bits per heavy atom. The lowest BCUT2D eigenvalue weighted by Crippen LogP contribution is -2.22. The number of furan rings is 1. The van der Waals surface area contributed by atoms with Gasteiger partial charge < -0.3 is 19.2 Å². The Morgan fingerprint density at radius 1 is 1.18 bits per heavy atom. The highest BCUT2D eigenvalue weighted by Gasteiger charge is 2.08. The predicted molar refractivity (Wildman–Crippen MR) is 83.4 cm³/mol. The van der Waals surface area contributed by atoms with E-state index in [0.29, 0.717) is 41.9 Å². The van der Waals surface area contributed by atoms with Crippen molar-refractivity contribution in [2.24, 2.45) is 0 Å². The molecule has 2 rings (SSSR count). The van der Waals surface area contributed by atoms with Crippen LogP contribution in [0.3, 0.4) is 0 Å². The smallest absolute Gasteiger partial charge is 0.220 e. The van der Waals surface area contributed by atoms with Crippen LogP contribution in [0.1, 0.15) is 17.7 Å². The zero-order valence-electron chi connectivity index (χ0n) is 12.5. The number of hydrogen-bond acceptors (Lipinski definition) is 4. The molecule has 0 atom stereocenters. The molecule has 0 aliphatic heterocycles. The van der Waals surface area contributed by atoms with Crippen molar-refractivity contribution in [1.82, 2.24) is 5.32 Å². The maximum Gasteiger partial charge on any atom is 0.220 e. The van der Waals surface area contributed by atoms with Crippen molar-refractivity contribution >= 4 is 17.5 Å². The molecule has 0 aliphatic carbocycles. The Morgan fingerprint density at radius 2 is 1.95 bits per heavy atom. The van der Waals surface area contributed by atoms with Crippen LogP contribution in [0.4, 0.5) is 0 Å². The standard InChI is InChI=1S/C16H18ClNO4/c1-20-13-6-3-11(9-14(13)21-2)4-8-16(19)18-10-12-5-7-15(17)22-12/h3,5-7,9H,4,8,10H2,1-2H3,(H,18,19). The topological polar surface area (TPSA) is 60.7 Å². The van der Waals surface area contributed by atoms with Crippen molar-refractivity contribution in [3.8, 4) is 11.5 Å². The van der Waals surface area contributed by atoms with Crippen molar-refractivity contribution in [3.05, 3.63) is 46.9 Å². The number of methoxy groups -OCH3 is 2. The van der Waals surface area contributed by atoms with Gasteiger partial charge in [0.2, 0.25) is 5.91 Å². The van der Waals surface area contributed by atoms with Gasteiger partial charge in [0.15, 0.2) is 16.7 Å². The second-order valence-corrected chi connectivity index (χ2v) is 5.04. The number of rotatable bonds is 7. The highest BCUT2D eigenvalue weighted by molar-refractivity contribution is 6.28. The summed E-state index contributed by atoms with van der Waals surface area (Å²) in [6.07, 6.45) is 0.995. The van der Waals surface area contributed by atoms with Gasteiger partial charge in [0, 0.05) is 6.42 Å². The van der Waals surface area contributed by atoms with Crippen LogP contribution in [0.5, 0.6) is 11.5 Å². The van der Waals surface area contributed by atoms with Gasteiger partial charge in [0.25, 0.3) is 0 Å². The first-order valence-electron chi connectivity index (χ1n) is 6.84. The van der Waals surface area contributed by atoms with Gasteiger partial charge in [0.1, 0.15) is 5.76 Å². The van der Waals surface area contributed by atoms with E-state index in [1.165, 1.54) is 0 Å². The van der Waals surface area contributed by atoms with E-state index in [-0.39, 0.29) is 5.91 Å². The summed E-state index contributed by atoms with van der Waals surface area (Å²) in [5, 5.41) is 3.10. The highest BCUT2D eigenvalue weighted by Crippen LogP contribution is 2.27. The Bertz CT molecular complexity index is 639. The van der Waals surface area contributed by atoms with Gasteiger partial charge in [-0.25, -0.2) is 0 Å². The molecule has 2 aromatic rings.